The van der Waals surface area contributed by atoms with Crippen LogP contribution in [0.3, 0.4) is 0 Å². The van der Waals surface area contributed by atoms with Gasteiger partial charge in [-0.05, 0) is 68.7 Å². The fraction of sp³-hybridized carbons (Fsp3) is 0.394. The van der Waals surface area contributed by atoms with Gasteiger partial charge in [-0.25, -0.2) is 8.42 Å². The molecule has 1 N–H and O–H groups in total. The number of ether oxygens (including phenoxy) is 2. The number of rotatable bonds is 12. The van der Waals surface area contributed by atoms with E-state index in [9.17, 15) is 18.0 Å². The largest absolute Gasteiger partial charge is 0.497 e. The number of anilines is 1. The van der Waals surface area contributed by atoms with Crippen molar-refractivity contribution in [2.75, 3.05) is 25.1 Å². The molecule has 1 atom stereocenters. The summed E-state index contributed by atoms with van der Waals surface area (Å²) in [5.41, 5.74) is 1.96. The zero-order chi connectivity index (χ0) is 31.0. The molecule has 9 nitrogen and oxygen atoms in total. The van der Waals surface area contributed by atoms with Gasteiger partial charge in [-0.2, -0.15) is 0 Å². The van der Waals surface area contributed by atoms with Gasteiger partial charge in [-0.15, -0.1) is 0 Å². The lowest BCUT2D eigenvalue weighted by Crippen LogP contribution is -2.53. The molecule has 0 radical (unpaired) electrons. The second-order valence-corrected chi connectivity index (χ2v) is 12.8. The van der Waals surface area contributed by atoms with Crippen LogP contribution in [0.5, 0.6) is 11.5 Å². The molecule has 3 aromatic carbocycles. The Morgan fingerprint density at radius 3 is 2.19 bits per heavy atom. The molecule has 2 amide bonds. The van der Waals surface area contributed by atoms with Crippen LogP contribution in [0, 0.1) is 6.92 Å². The van der Waals surface area contributed by atoms with E-state index in [0.29, 0.717) is 11.5 Å². The van der Waals surface area contributed by atoms with Gasteiger partial charge in [0.15, 0.2) is 0 Å². The first-order valence-electron chi connectivity index (χ1n) is 14.6. The predicted molar refractivity (Wildman–Crippen MR) is 167 cm³/mol. The first-order valence-corrected chi connectivity index (χ1v) is 16.0. The molecule has 0 heterocycles. The molecule has 0 unspecified atom stereocenters. The molecular formula is C33H41N3O6S. The molecule has 0 saturated heterocycles. The lowest BCUT2D eigenvalue weighted by Gasteiger charge is -2.33. The van der Waals surface area contributed by atoms with Gasteiger partial charge in [0.25, 0.3) is 10.0 Å². The second-order valence-electron chi connectivity index (χ2n) is 10.9. The van der Waals surface area contributed by atoms with Crippen LogP contribution in [0.15, 0.2) is 77.7 Å². The molecule has 0 bridgehead atoms. The number of carbonyl (C=O) groups excluding carboxylic acids is 2. The van der Waals surface area contributed by atoms with Crippen LogP contribution in [-0.2, 0) is 26.2 Å². The number of hydrogen-bond donors (Lipinski definition) is 1. The first-order chi connectivity index (χ1) is 20.6. The van der Waals surface area contributed by atoms with Gasteiger partial charge in [0.1, 0.15) is 24.1 Å². The Hall–Kier alpha value is -4.05. The number of aryl methyl sites for hydroxylation is 1. The Kier molecular flexibility index (Phi) is 10.7. The number of carbonyl (C=O) groups is 2. The average Bonchev–Trinajstić information content (AvgIpc) is 3.03. The molecule has 3 aromatic rings. The van der Waals surface area contributed by atoms with Gasteiger partial charge < -0.3 is 19.7 Å². The highest BCUT2D eigenvalue weighted by molar-refractivity contribution is 7.92. The zero-order valence-electron chi connectivity index (χ0n) is 25.3. The molecule has 0 aromatic heterocycles. The summed E-state index contributed by atoms with van der Waals surface area (Å²) in [5.74, 6) is 0.339. The zero-order valence-corrected chi connectivity index (χ0v) is 26.1. The van der Waals surface area contributed by atoms with E-state index >= 15 is 0 Å². The summed E-state index contributed by atoms with van der Waals surface area (Å²) in [5, 5.41) is 3.12. The summed E-state index contributed by atoms with van der Waals surface area (Å²) in [7, 11) is -1.10. The van der Waals surface area contributed by atoms with Crippen molar-refractivity contribution in [3.8, 4) is 11.5 Å². The molecule has 1 aliphatic carbocycles. The number of amides is 2. The van der Waals surface area contributed by atoms with Crippen LogP contribution in [0.1, 0.15) is 50.2 Å². The molecule has 43 heavy (non-hydrogen) atoms. The van der Waals surface area contributed by atoms with E-state index in [4.69, 9.17) is 9.47 Å². The maximum atomic E-state index is 14.2. The van der Waals surface area contributed by atoms with Crippen molar-refractivity contribution in [2.45, 2.75) is 69.5 Å². The fourth-order valence-electron chi connectivity index (χ4n) is 5.21. The first kappa shape index (κ1) is 31.9. The number of nitrogens with zero attached hydrogens (tertiary/aromatic N) is 2. The SMILES string of the molecule is COc1ccc(CN(C(=O)CN(c2cccc(OC)c2)S(=O)(=O)c2ccc(C)cc2)[C@@H](C)C(=O)NC2CCCCC2)cc1. The monoisotopic (exact) mass is 607 g/mol. The quantitative estimate of drug-likeness (QED) is 0.308. The molecule has 4 rings (SSSR count). The van der Waals surface area contributed by atoms with Crippen molar-refractivity contribution < 1.29 is 27.5 Å². The van der Waals surface area contributed by atoms with Crippen LogP contribution in [0.25, 0.3) is 0 Å². The summed E-state index contributed by atoms with van der Waals surface area (Å²) in [6, 6.07) is 19.5. The topological polar surface area (TPSA) is 105 Å². The van der Waals surface area contributed by atoms with Crippen molar-refractivity contribution >= 4 is 27.5 Å². The minimum atomic E-state index is -4.16. The maximum Gasteiger partial charge on any atom is 0.264 e. The Bertz CT molecular complexity index is 1490. The van der Waals surface area contributed by atoms with Crippen molar-refractivity contribution in [3.05, 3.63) is 83.9 Å². The molecule has 1 fully saturated rings. The minimum absolute atomic E-state index is 0.0542. The van der Waals surface area contributed by atoms with Crippen LogP contribution in [0.4, 0.5) is 5.69 Å². The lowest BCUT2D eigenvalue weighted by molar-refractivity contribution is -0.139. The smallest absolute Gasteiger partial charge is 0.264 e. The van der Waals surface area contributed by atoms with Gasteiger partial charge in [0.2, 0.25) is 11.8 Å². The van der Waals surface area contributed by atoms with Gasteiger partial charge in [-0.3, -0.25) is 13.9 Å². The highest BCUT2D eigenvalue weighted by Crippen LogP contribution is 2.28. The van der Waals surface area contributed by atoms with E-state index in [2.05, 4.69) is 5.32 Å². The highest BCUT2D eigenvalue weighted by Gasteiger charge is 2.33. The maximum absolute atomic E-state index is 14.2. The van der Waals surface area contributed by atoms with E-state index in [1.807, 2.05) is 19.1 Å². The number of sulfonamides is 1. The van der Waals surface area contributed by atoms with Crippen LogP contribution in [0.2, 0.25) is 0 Å². The molecule has 1 aliphatic rings. The summed E-state index contributed by atoms with van der Waals surface area (Å²) in [4.78, 5) is 29.1. The average molecular weight is 608 g/mol. The van der Waals surface area contributed by atoms with Gasteiger partial charge in [-0.1, -0.05) is 55.2 Å². The van der Waals surface area contributed by atoms with E-state index in [1.54, 1.807) is 62.6 Å². The van der Waals surface area contributed by atoms with Gasteiger partial charge in [0.05, 0.1) is 24.8 Å². The molecule has 0 aliphatic heterocycles. The normalized spacial score (nSPS) is 14.4. The third kappa shape index (κ3) is 8.07. The van der Waals surface area contributed by atoms with Gasteiger partial charge >= 0.3 is 0 Å². The van der Waals surface area contributed by atoms with Crippen molar-refractivity contribution in [1.29, 1.82) is 0 Å². The van der Waals surface area contributed by atoms with Crippen molar-refractivity contribution in [3.63, 3.8) is 0 Å². The highest BCUT2D eigenvalue weighted by atomic mass is 32.2. The number of nitrogens with one attached hydrogen (secondary N) is 1. The lowest BCUT2D eigenvalue weighted by atomic mass is 9.95. The Balaban J connectivity index is 1.68. The molecule has 10 heteroatoms. The van der Waals surface area contributed by atoms with E-state index in [-0.39, 0.29) is 29.1 Å². The Morgan fingerprint density at radius 1 is 0.907 bits per heavy atom. The minimum Gasteiger partial charge on any atom is -0.497 e. The summed E-state index contributed by atoms with van der Waals surface area (Å²) >= 11 is 0. The molecule has 230 valence electrons. The van der Waals surface area contributed by atoms with Crippen LogP contribution < -0.4 is 19.1 Å². The van der Waals surface area contributed by atoms with Crippen molar-refractivity contribution in [2.24, 2.45) is 0 Å². The summed E-state index contributed by atoms with van der Waals surface area (Å²) < 4.78 is 39.7. The third-order valence-corrected chi connectivity index (χ3v) is 9.65. The molecule has 0 spiro atoms. The molecule has 1 saturated carbocycles. The van der Waals surface area contributed by atoms with Gasteiger partial charge in [0, 0.05) is 18.7 Å². The summed E-state index contributed by atoms with van der Waals surface area (Å²) in [6.07, 6.45) is 5.08. The summed E-state index contributed by atoms with van der Waals surface area (Å²) in [6.45, 7) is 3.15. The van der Waals surface area contributed by atoms with E-state index < -0.39 is 28.5 Å². The second kappa shape index (κ2) is 14.4. The number of hydrogen-bond acceptors (Lipinski definition) is 6. The number of methoxy groups -OCH3 is 2. The third-order valence-electron chi connectivity index (χ3n) is 7.86. The van der Waals surface area contributed by atoms with Crippen molar-refractivity contribution in [1.82, 2.24) is 10.2 Å². The standard InChI is InChI=1S/C33H41N3O6S/c1-24-13-19-31(20-14-24)43(39,40)36(28-11-8-12-30(21-28)42-4)23-32(37)35(22-26-15-17-29(41-3)18-16-26)25(2)33(38)34-27-9-6-5-7-10-27/h8,11-21,25,27H,5-7,9-10,22-23H2,1-4H3,(H,34,38)/t25-/m0/s1. The van der Waals surface area contributed by atoms with E-state index in [0.717, 1.165) is 47.5 Å². The molecular weight excluding hydrogens is 566 g/mol. The Morgan fingerprint density at radius 2 is 1.56 bits per heavy atom. The Labute approximate surface area is 254 Å². The van der Waals surface area contributed by atoms with E-state index in [1.165, 1.54) is 24.1 Å². The predicted octanol–water partition coefficient (Wildman–Crippen LogP) is 5.07. The van der Waals surface area contributed by atoms with Crippen LogP contribution >= 0.6 is 0 Å². The van der Waals surface area contributed by atoms with Crippen LogP contribution in [-0.4, -0.2) is 58.0 Å². The number of benzene rings is 3. The fourth-order valence-corrected chi connectivity index (χ4v) is 6.62.